The van der Waals surface area contributed by atoms with Crippen molar-refractivity contribution in [2.75, 3.05) is 6.54 Å². The second kappa shape index (κ2) is 6.39. The fourth-order valence-corrected chi connectivity index (χ4v) is 5.45. The Bertz CT molecular complexity index is 876. The molecule has 26 heavy (non-hydrogen) atoms. The maximum Gasteiger partial charge on any atom is 0.262 e. The fraction of sp³-hybridized carbons (Fsp3) is 0.526. The molecule has 2 aliphatic carbocycles. The Morgan fingerprint density at radius 1 is 1.27 bits per heavy atom. The standard InChI is InChI=1S/C19H23NO5S/c1-11-10-20-17-4-2-3-12-5-6-16(18(11)19(12)17)13-7-14(21)9-15(8-13)25-26(22,23)24/h5-9,11-12,16,18-19,21H,2-4,10H2,1H3,(H,22,23,24)/t11-,12+,16+,18-,19+/m0/s1. The molecule has 0 radical (unpaired) electrons. The lowest BCUT2D eigenvalue weighted by atomic mass is 9.58. The Morgan fingerprint density at radius 3 is 2.85 bits per heavy atom. The second-order valence-electron chi connectivity index (χ2n) is 7.71. The molecule has 5 atom stereocenters. The molecule has 1 saturated carbocycles. The highest BCUT2D eigenvalue weighted by Crippen LogP contribution is 2.49. The normalized spacial score (nSPS) is 33.3. The van der Waals surface area contributed by atoms with Crippen molar-refractivity contribution in [1.29, 1.82) is 0 Å². The lowest BCUT2D eigenvalue weighted by Gasteiger charge is -2.45. The predicted molar refractivity (Wildman–Crippen MR) is 94.6 cm³/mol. The van der Waals surface area contributed by atoms with Gasteiger partial charge in [-0.3, -0.25) is 0 Å². The molecule has 0 bridgehead atoms. The van der Waals surface area contributed by atoms with Crippen molar-refractivity contribution in [3.05, 3.63) is 35.9 Å². The third kappa shape index (κ3) is 3.25. The molecule has 1 aromatic rings. The molecule has 1 aliphatic heterocycles. The smallest absolute Gasteiger partial charge is 0.262 e. The monoisotopic (exact) mass is 377 g/mol. The third-order valence-electron chi connectivity index (χ3n) is 6.05. The number of rotatable bonds is 3. The van der Waals surface area contributed by atoms with E-state index in [2.05, 4.69) is 28.3 Å². The fourth-order valence-electron chi connectivity index (χ4n) is 5.12. The molecule has 3 aliphatic rings. The highest BCUT2D eigenvalue weighted by Gasteiger charge is 2.48. The summed E-state index contributed by atoms with van der Waals surface area (Å²) in [7, 11) is -4.88. The van der Waals surface area contributed by atoms with Crippen LogP contribution in [0.1, 0.15) is 37.7 Å². The van der Waals surface area contributed by atoms with E-state index in [0.29, 0.717) is 23.7 Å². The van der Waals surface area contributed by atoms with Gasteiger partial charge in [-0.25, -0.2) is 13.4 Å². The van der Waals surface area contributed by atoms with Gasteiger partial charge in [0.05, 0.1) is 0 Å². The first kappa shape index (κ1) is 17.5. The van der Waals surface area contributed by atoms with E-state index in [9.17, 15) is 18.1 Å². The van der Waals surface area contributed by atoms with E-state index in [1.807, 2.05) is 0 Å². The lowest BCUT2D eigenvalue weighted by molar-refractivity contribution is -0.482. The molecule has 0 amide bonds. The molecule has 0 unspecified atom stereocenters. The summed E-state index contributed by atoms with van der Waals surface area (Å²) >= 11 is 0. The van der Waals surface area contributed by atoms with Crippen molar-refractivity contribution in [2.45, 2.75) is 32.1 Å². The average molecular weight is 377 g/mol. The zero-order chi connectivity index (χ0) is 18.5. The molecule has 140 valence electrons. The van der Waals surface area contributed by atoms with E-state index in [1.165, 1.54) is 18.6 Å². The highest BCUT2D eigenvalue weighted by molar-refractivity contribution is 7.81. The van der Waals surface area contributed by atoms with E-state index in [0.717, 1.165) is 24.6 Å². The number of aromatic hydroxyl groups is 1. The molecule has 1 fully saturated rings. The topological polar surface area (TPSA) is 101 Å². The van der Waals surface area contributed by atoms with E-state index in [1.54, 1.807) is 12.1 Å². The largest absolute Gasteiger partial charge is 0.716 e. The molecule has 0 saturated heterocycles. The number of benzene rings is 1. The summed E-state index contributed by atoms with van der Waals surface area (Å²) in [6.07, 6.45) is 7.93. The Morgan fingerprint density at radius 2 is 2.08 bits per heavy atom. The summed E-state index contributed by atoms with van der Waals surface area (Å²) in [5, 5.41) is 10.0. The quantitative estimate of drug-likeness (QED) is 0.467. The van der Waals surface area contributed by atoms with Crippen molar-refractivity contribution in [1.82, 2.24) is 0 Å². The number of hydrogen-bond acceptors (Lipinski definition) is 5. The summed E-state index contributed by atoms with van der Waals surface area (Å²) in [6.45, 7) is 3.15. The molecule has 4 rings (SSSR count). The van der Waals surface area contributed by atoms with Gasteiger partial charge in [-0.15, -0.1) is 0 Å². The van der Waals surface area contributed by atoms with Crippen LogP contribution in [0, 0.1) is 23.7 Å². The number of phenols is 1. The van der Waals surface area contributed by atoms with Crippen LogP contribution in [0.5, 0.6) is 11.5 Å². The van der Waals surface area contributed by atoms with Crippen LogP contribution in [0.4, 0.5) is 0 Å². The van der Waals surface area contributed by atoms with Crippen LogP contribution in [0.25, 0.3) is 0 Å². The highest BCUT2D eigenvalue weighted by atomic mass is 32.3. The Labute approximate surface area is 153 Å². The van der Waals surface area contributed by atoms with Crippen LogP contribution >= 0.6 is 0 Å². The van der Waals surface area contributed by atoms with Gasteiger partial charge in [0.25, 0.3) is 10.4 Å². The molecule has 1 heterocycles. The second-order valence-corrected chi connectivity index (χ2v) is 8.69. The van der Waals surface area contributed by atoms with Gasteiger partial charge >= 0.3 is 0 Å². The van der Waals surface area contributed by atoms with Gasteiger partial charge in [-0.2, -0.15) is 0 Å². The average Bonchev–Trinajstić information content (AvgIpc) is 2.56. The molecule has 6 nitrogen and oxygen atoms in total. The van der Waals surface area contributed by atoms with Crippen molar-refractivity contribution in [3.8, 4) is 11.5 Å². The zero-order valence-electron chi connectivity index (χ0n) is 14.6. The van der Waals surface area contributed by atoms with Gasteiger partial charge in [0.2, 0.25) is 0 Å². The molecule has 7 heteroatoms. The minimum Gasteiger partial charge on any atom is -0.716 e. The number of allylic oxidation sites excluding steroid dienone is 2. The minimum atomic E-state index is -4.88. The van der Waals surface area contributed by atoms with Gasteiger partial charge < -0.3 is 13.8 Å². The maximum atomic E-state index is 10.9. The van der Waals surface area contributed by atoms with Crippen molar-refractivity contribution < 1.29 is 27.3 Å². The Hall–Kier alpha value is -1.86. The first-order valence-corrected chi connectivity index (χ1v) is 10.4. The van der Waals surface area contributed by atoms with Gasteiger partial charge in [-0.05, 0) is 42.4 Å². The molecule has 2 N–H and O–H groups in total. The maximum absolute atomic E-state index is 10.9. The molecular weight excluding hydrogens is 354 g/mol. The van der Waals surface area contributed by atoms with Crippen molar-refractivity contribution >= 4 is 16.1 Å². The minimum absolute atomic E-state index is 0.0465. The Kier molecular flexibility index (Phi) is 4.31. The van der Waals surface area contributed by atoms with E-state index in [4.69, 9.17) is 0 Å². The first-order valence-electron chi connectivity index (χ1n) is 9.09. The lowest BCUT2D eigenvalue weighted by Crippen LogP contribution is -2.81. The zero-order valence-corrected chi connectivity index (χ0v) is 15.4. The summed E-state index contributed by atoms with van der Waals surface area (Å²) < 4.78 is 37.2. The van der Waals surface area contributed by atoms with Crippen LogP contribution < -0.4 is 9.18 Å². The van der Waals surface area contributed by atoms with E-state index >= 15 is 0 Å². The predicted octanol–water partition coefficient (Wildman–Crippen LogP) is 1.09. The van der Waals surface area contributed by atoms with Crippen LogP contribution in [0.15, 0.2) is 30.4 Å². The third-order valence-corrected chi connectivity index (χ3v) is 6.44. The van der Waals surface area contributed by atoms with Crippen molar-refractivity contribution in [2.24, 2.45) is 23.7 Å². The van der Waals surface area contributed by atoms with Crippen LogP contribution in [0.2, 0.25) is 0 Å². The van der Waals surface area contributed by atoms with Gasteiger partial charge in [0.1, 0.15) is 18.0 Å². The summed E-state index contributed by atoms with van der Waals surface area (Å²) in [6, 6.07) is 4.34. The van der Waals surface area contributed by atoms with Crippen molar-refractivity contribution in [3.63, 3.8) is 0 Å². The molecule has 1 aromatic carbocycles. The summed E-state index contributed by atoms with van der Waals surface area (Å²) in [5.74, 6) is 1.60. The van der Waals surface area contributed by atoms with Crippen LogP contribution in [-0.2, 0) is 10.4 Å². The Balaban J connectivity index is 1.75. The number of hydrogen-bond donors (Lipinski definition) is 2. The number of nitrogens with one attached hydrogen (secondary N) is 1. The summed E-state index contributed by atoms with van der Waals surface area (Å²) in [5.41, 5.74) is 2.21. The van der Waals surface area contributed by atoms with Gasteiger partial charge in [-0.1, -0.05) is 19.1 Å². The summed E-state index contributed by atoms with van der Waals surface area (Å²) in [4.78, 5) is 3.61. The van der Waals surface area contributed by atoms with Gasteiger partial charge in [0, 0.05) is 30.2 Å². The number of phenolic OH excluding ortho intramolecular Hbond substituents is 1. The molecule has 0 aromatic heterocycles. The molecule has 0 spiro atoms. The van der Waals surface area contributed by atoms with Crippen LogP contribution in [0.3, 0.4) is 0 Å². The van der Waals surface area contributed by atoms with E-state index in [-0.39, 0.29) is 17.4 Å². The molecular formula is C19H23NO5S. The first-order chi connectivity index (χ1) is 12.3. The van der Waals surface area contributed by atoms with Crippen LogP contribution in [-0.4, -0.2) is 30.3 Å². The SMILES string of the molecule is C[C@H]1C[NH+]=C2CCC[C@@H]3C=C[C@H](c4cc(O)cc(OS(=O)(=O)[O-])c4)[C@H]1[C@@H]23. The van der Waals surface area contributed by atoms with E-state index < -0.39 is 10.4 Å². The van der Waals surface area contributed by atoms with Gasteiger partial charge in [0.15, 0.2) is 5.71 Å².